The SMILES string of the molecule is COc1cccc(CN2CCN(C(=O)c3ccn(COc4cccc(C(F)(F)F)c4)n3)CC2)c1. The lowest BCUT2D eigenvalue weighted by Gasteiger charge is -2.34. The molecule has 0 N–H and O–H groups in total. The van der Waals surface area contributed by atoms with Gasteiger partial charge in [-0.05, 0) is 42.0 Å². The number of benzene rings is 2. The third-order valence-electron chi connectivity index (χ3n) is 5.58. The van der Waals surface area contributed by atoms with Gasteiger partial charge in [-0.25, -0.2) is 4.68 Å². The van der Waals surface area contributed by atoms with Crippen molar-refractivity contribution >= 4 is 5.91 Å². The molecular weight excluding hydrogens is 449 g/mol. The van der Waals surface area contributed by atoms with E-state index in [1.165, 1.54) is 16.8 Å². The van der Waals surface area contributed by atoms with E-state index in [-0.39, 0.29) is 24.1 Å². The fourth-order valence-electron chi connectivity index (χ4n) is 3.75. The number of alkyl halides is 3. The van der Waals surface area contributed by atoms with E-state index in [1.807, 2.05) is 24.3 Å². The van der Waals surface area contributed by atoms with Crippen LogP contribution in [0.4, 0.5) is 13.2 Å². The molecule has 7 nitrogen and oxygen atoms in total. The van der Waals surface area contributed by atoms with E-state index in [4.69, 9.17) is 9.47 Å². The highest BCUT2D eigenvalue weighted by Gasteiger charge is 2.30. The summed E-state index contributed by atoms with van der Waals surface area (Å²) < 4.78 is 50.6. The molecule has 0 radical (unpaired) electrons. The summed E-state index contributed by atoms with van der Waals surface area (Å²) in [6.45, 7) is 3.31. The van der Waals surface area contributed by atoms with Gasteiger partial charge in [-0.1, -0.05) is 18.2 Å². The van der Waals surface area contributed by atoms with Crippen LogP contribution in [0.1, 0.15) is 21.6 Å². The summed E-state index contributed by atoms with van der Waals surface area (Å²) in [5, 5.41) is 4.23. The van der Waals surface area contributed by atoms with E-state index < -0.39 is 11.7 Å². The number of piperazine rings is 1. The lowest BCUT2D eigenvalue weighted by Crippen LogP contribution is -2.48. The third kappa shape index (κ3) is 5.88. The Bertz CT molecular complexity index is 1120. The van der Waals surface area contributed by atoms with E-state index in [9.17, 15) is 18.0 Å². The first-order chi connectivity index (χ1) is 16.3. The number of aromatic nitrogens is 2. The molecule has 1 aromatic heterocycles. The van der Waals surface area contributed by atoms with Crippen molar-refractivity contribution in [3.63, 3.8) is 0 Å². The zero-order valence-corrected chi connectivity index (χ0v) is 18.7. The van der Waals surface area contributed by atoms with Gasteiger partial charge in [-0.3, -0.25) is 9.69 Å². The van der Waals surface area contributed by atoms with E-state index >= 15 is 0 Å². The Kier molecular flexibility index (Phi) is 7.06. The average molecular weight is 474 g/mol. The first-order valence-electron chi connectivity index (χ1n) is 10.8. The second kappa shape index (κ2) is 10.2. The molecule has 0 spiro atoms. The summed E-state index contributed by atoms with van der Waals surface area (Å²) in [7, 11) is 1.64. The summed E-state index contributed by atoms with van der Waals surface area (Å²) in [6, 6.07) is 14.1. The molecule has 0 saturated carbocycles. The molecule has 1 fully saturated rings. The second-order valence-electron chi connectivity index (χ2n) is 7.96. The molecule has 0 aliphatic carbocycles. The maximum Gasteiger partial charge on any atom is 0.416 e. The van der Waals surface area contributed by atoms with Crippen LogP contribution < -0.4 is 9.47 Å². The molecule has 1 aliphatic rings. The molecule has 1 saturated heterocycles. The normalized spacial score (nSPS) is 14.8. The number of hydrogen-bond donors (Lipinski definition) is 0. The number of rotatable bonds is 7. The van der Waals surface area contributed by atoms with Gasteiger partial charge >= 0.3 is 6.18 Å². The third-order valence-corrected chi connectivity index (χ3v) is 5.58. The molecule has 3 aromatic rings. The Morgan fingerprint density at radius 2 is 1.74 bits per heavy atom. The van der Waals surface area contributed by atoms with Crippen molar-refractivity contribution in [3.05, 3.63) is 77.6 Å². The fourth-order valence-corrected chi connectivity index (χ4v) is 3.75. The van der Waals surface area contributed by atoms with Gasteiger partial charge in [0.2, 0.25) is 0 Å². The van der Waals surface area contributed by atoms with Crippen LogP contribution in [0, 0.1) is 0 Å². The number of nitrogens with zero attached hydrogens (tertiary/aromatic N) is 4. The molecule has 1 amide bonds. The average Bonchev–Trinajstić information content (AvgIpc) is 3.32. The topological polar surface area (TPSA) is 59.8 Å². The summed E-state index contributed by atoms with van der Waals surface area (Å²) in [5.74, 6) is 0.711. The molecule has 34 heavy (non-hydrogen) atoms. The highest BCUT2D eigenvalue weighted by Crippen LogP contribution is 2.31. The van der Waals surface area contributed by atoms with Crippen molar-refractivity contribution in [1.29, 1.82) is 0 Å². The molecule has 10 heteroatoms. The van der Waals surface area contributed by atoms with Gasteiger partial charge in [0.15, 0.2) is 12.4 Å². The summed E-state index contributed by atoms with van der Waals surface area (Å²) in [4.78, 5) is 16.9. The van der Waals surface area contributed by atoms with Crippen LogP contribution in [0.5, 0.6) is 11.5 Å². The van der Waals surface area contributed by atoms with Gasteiger partial charge in [0.05, 0.1) is 12.7 Å². The van der Waals surface area contributed by atoms with Gasteiger partial charge in [-0.2, -0.15) is 18.3 Å². The van der Waals surface area contributed by atoms with Gasteiger partial charge in [0.1, 0.15) is 11.5 Å². The van der Waals surface area contributed by atoms with Crippen molar-refractivity contribution < 1.29 is 27.4 Å². The molecule has 1 aliphatic heterocycles. The highest BCUT2D eigenvalue weighted by molar-refractivity contribution is 5.92. The van der Waals surface area contributed by atoms with Crippen LogP contribution in [0.2, 0.25) is 0 Å². The zero-order chi connectivity index (χ0) is 24.1. The Morgan fingerprint density at radius 1 is 1.00 bits per heavy atom. The molecule has 0 atom stereocenters. The number of hydrogen-bond acceptors (Lipinski definition) is 5. The van der Waals surface area contributed by atoms with E-state index in [1.54, 1.807) is 24.3 Å². The van der Waals surface area contributed by atoms with Crippen LogP contribution in [0.15, 0.2) is 60.8 Å². The fraction of sp³-hybridized carbons (Fsp3) is 0.333. The number of amides is 1. The minimum atomic E-state index is -4.44. The maximum absolute atomic E-state index is 12.8. The Hall–Kier alpha value is -3.53. The predicted octanol–water partition coefficient (Wildman–Crippen LogP) is 3.91. The lowest BCUT2D eigenvalue weighted by molar-refractivity contribution is -0.137. The first kappa shape index (κ1) is 23.6. The van der Waals surface area contributed by atoms with Crippen molar-refractivity contribution in [2.24, 2.45) is 0 Å². The molecule has 4 rings (SSSR count). The van der Waals surface area contributed by atoms with Crippen LogP contribution in [-0.4, -0.2) is 58.8 Å². The smallest absolute Gasteiger partial charge is 0.416 e. The van der Waals surface area contributed by atoms with Gasteiger partial charge < -0.3 is 14.4 Å². The van der Waals surface area contributed by atoms with Crippen LogP contribution in [0.25, 0.3) is 0 Å². The van der Waals surface area contributed by atoms with E-state index in [0.717, 1.165) is 43.1 Å². The van der Waals surface area contributed by atoms with Crippen LogP contribution in [0.3, 0.4) is 0 Å². The van der Waals surface area contributed by atoms with E-state index in [2.05, 4.69) is 10.00 Å². The second-order valence-corrected chi connectivity index (χ2v) is 7.96. The summed E-state index contributed by atoms with van der Waals surface area (Å²) in [5.41, 5.74) is 0.638. The zero-order valence-electron chi connectivity index (χ0n) is 18.7. The van der Waals surface area contributed by atoms with Gasteiger partial charge in [-0.15, -0.1) is 0 Å². The Morgan fingerprint density at radius 3 is 2.47 bits per heavy atom. The first-order valence-corrected chi connectivity index (χ1v) is 10.8. The predicted molar refractivity (Wildman–Crippen MR) is 118 cm³/mol. The number of carbonyl (C=O) groups excluding carboxylic acids is 1. The highest BCUT2D eigenvalue weighted by atomic mass is 19.4. The number of halogens is 3. The minimum Gasteiger partial charge on any atom is -0.497 e. The van der Waals surface area contributed by atoms with Crippen molar-refractivity contribution in [2.45, 2.75) is 19.5 Å². The van der Waals surface area contributed by atoms with Crippen LogP contribution >= 0.6 is 0 Å². The van der Waals surface area contributed by atoms with Gasteiger partial charge in [0, 0.05) is 38.9 Å². The standard InChI is InChI=1S/C24H25F3N4O3/c1-33-20-6-2-4-18(14-20)16-29-10-12-30(13-11-29)23(32)22-8-9-31(28-22)17-34-21-7-3-5-19(15-21)24(25,26)27/h2-9,14-15H,10-13,16-17H2,1H3. The summed E-state index contributed by atoms with van der Waals surface area (Å²) >= 11 is 0. The molecule has 0 unspecified atom stereocenters. The quantitative estimate of drug-likeness (QED) is 0.520. The number of ether oxygens (including phenoxy) is 2. The lowest BCUT2D eigenvalue weighted by atomic mass is 10.2. The van der Waals surface area contributed by atoms with Crippen molar-refractivity contribution in [3.8, 4) is 11.5 Å². The molecular formula is C24H25F3N4O3. The number of methoxy groups -OCH3 is 1. The van der Waals surface area contributed by atoms with Crippen molar-refractivity contribution in [2.75, 3.05) is 33.3 Å². The molecule has 0 bridgehead atoms. The van der Waals surface area contributed by atoms with Gasteiger partial charge in [0.25, 0.3) is 5.91 Å². The monoisotopic (exact) mass is 474 g/mol. The Balaban J connectivity index is 1.28. The summed E-state index contributed by atoms with van der Waals surface area (Å²) in [6.07, 6.45) is -2.87. The largest absolute Gasteiger partial charge is 0.497 e. The number of carbonyl (C=O) groups is 1. The molecule has 2 aromatic carbocycles. The molecule has 180 valence electrons. The maximum atomic E-state index is 12.8. The minimum absolute atomic E-state index is 0.0744. The molecule has 2 heterocycles. The van der Waals surface area contributed by atoms with Crippen LogP contribution in [-0.2, 0) is 19.5 Å². The van der Waals surface area contributed by atoms with Crippen molar-refractivity contribution in [1.82, 2.24) is 19.6 Å². The van der Waals surface area contributed by atoms with E-state index in [0.29, 0.717) is 13.1 Å². The Labute approximate surface area is 195 Å².